The van der Waals surface area contributed by atoms with Gasteiger partial charge in [-0.2, -0.15) is 13.2 Å². The summed E-state index contributed by atoms with van der Waals surface area (Å²) in [6, 6.07) is 12.7. The molecule has 2 aromatic heterocycles. The van der Waals surface area contributed by atoms with Crippen molar-refractivity contribution in [3.8, 4) is 0 Å². The highest BCUT2D eigenvalue weighted by Gasteiger charge is 2.31. The van der Waals surface area contributed by atoms with Crippen LogP contribution in [0.5, 0.6) is 0 Å². The van der Waals surface area contributed by atoms with E-state index >= 15 is 0 Å². The van der Waals surface area contributed by atoms with Crippen molar-refractivity contribution in [2.75, 3.05) is 18.0 Å². The highest BCUT2D eigenvalue weighted by atomic mass is 19.4. The van der Waals surface area contributed by atoms with E-state index in [1.165, 1.54) is 12.4 Å². The molecular formula is C24H21F3N4O2. The largest absolute Gasteiger partial charge is 0.450 e. The van der Waals surface area contributed by atoms with Crippen LogP contribution in [0, 0.1) is 5.92 Å². The van der Waals surface area contributed by atoms with Crippen LogP contribution in [0.3, 0.4) is 0 Å². The molecule has 9 heteroatoms. The van der Waals surface area contributed by atoms with Gasteiger partial charge in [-0.15, -0.1) is 0 Å². The van der Waals surface area contributed by atoms with Gasteiger partial charge in [0.05, 0.1) is 5.56 Å². The second-order valence-corrected chi connectivity index (χ2v) is 8.15. The molecule has 1 aliphatic heterocycles. The van der Waals surface area contributed by atoms with Crippen LogP contribution in [-0.4, -0.2) is 29.0 Å². The van der Waals surface area contributed by atoms with Crippen LogP contribution in [-0.2, 0) is 17.5 Å². The zero-order valence-electron chi connectivity index (χ0n) is 17.6. The van der Waals surface area contributed by atoms with Crippen LogP contribution in [0.15, 0.2) is 59.3 Å². The maximum Gasteiger partial charge on any atom is 0.416 e. The third kappa shape index (κ3) is 4.22. The standard InChI is InChI=1S/C24H21F3N4O2/c25-24(26,27)17-5-3-4-15(12-17)13-28-23(32)16-8-10-31(11-9-16)22-21-20(29-14-30-22)18-6-1-2-7-19(18)33-21/h1-7,12,14,16H,8-11,13H2,(H,28,32). The number of piperidine rings is 1. The van der Waals surface area contributed by atoms with Crippen molar-refractivity contribution in [1.82, 2.24) is 15.3 Å². The number of carbonyl (C=O) groups excluding carboxylic acids is 1. The minimum absolute atomic E-state index is 0.0640. The summed E-state index contributed by atoms with van der Waals surface area (Å²) in [6.07, 6.45) is -1.66. The summed E-state index contributed by atoms with van der Waals surface area (Å²) < 4.78 is 44.7. The Labute approximate surface area is 187 Å². The number of amides is 1. The molecule has 0 saturated carbocycles. The zero-order chi connectivity index (χ0) is 23.0. The van der Waals surface area contributed by atoms with Crippen molar-refractivity contribution < 1.29 is 22.4 Å². The molecule has 170 valence electrons. The molecule has 0 radical (unpaired) electrons. The summed E-state index contributed by atoms with van der Waals surface area (Å²) in [5.74, 6) is 0.350. The molecule has 33 heavy (non-hydrogen) atoms. The Morgan fingerprint density at radius 2 is 1.88 bits per heavy atom. The molecule has 1 amide bonds. The van der Waals surface area contributed by atoms with Crippen molar-refractivity contribution >= 4 is 33.8 Å². The lowest BCUT2D eigenvalue weighted by molar-refractivity contribution is -0.137. The first-order valence-corrected chi connectivity index (χ1v) is 10.7. The van der Waals surface area contributed by atoms with Gasteiger partial charge in [0.2, 0.25) is 5.91 Å². The zero-order valence-corrected chi connectivity index (χ0v) is 17.6. The van der Waals surface area contributed by atoms with Crippen molar-refractivity contribution in [2.24, 2.45) is 5.92 Å². The fourth-order valence-corrected chi connectivity index (χ4v) is 4.28. The highest BCUT2D eigenvalue weighted by molar-refractivity contribution is 6.05. The predicted molar refractivity (Wildman–Crippen MR) is 118 cm³/mol. The maximum absolute atomic E-state index is 12.9. The quantitative estimate of drug-likeness (QED) is 0.474. The fraction of sp³-hybridized carbons (Fsp3) is 0.292. The van der Waals surface area contributed by atoms with E-state index in [0.717, 1.165) is 28.6 Å². The van der Waals surface area contributed by atoms with Gasteiger partial charge in [-0.25, -0.2) is 9.97 Å². The number of halogens is 3. The van der Waals surface area contributed by atoms with E-state index in [1.54, 1.807) is 6.07 Å². The van der Waals surface area contributed by atoms with Crippen LogP contribution < -0.4 is 10.2 Å². The molecule has 0 bridgehead atoms. The third-order valence-electron chi connectivity index (χ3n) is 6.03. The van der Waals surface area contributed by atoms with Crippen LogP contribution in [0.1, 0.15) is 24.0 Å². The SMILES string of the molecule is O=C(NCc1cccc(C(F)(F)F)c1)C1CCN(c2ncnc3c2oc2ccccc23)CC1. The Morgan fingerprint density at radius 1 is 1.09 bits per heavy atom. The third-order valence-corrected chi connectivity index (χ3v) is 6.03. The predicted octanol–water partition coefficient (Wildman–Crippen LogP) is 4.93. The number of alkyl halides is 3. The summed E-state index contributed by atoms with van der Waals surface area (Å²) in [6.45, 7) is 1.30. The molecular weight excluding hydrogens is 433 g/mol. The van der Waals surface area contributed by atoms with Gasteiger partial charge < -0.3 is 14.6 Å². The van der Waals surface area contributed by atoms with E-state index in [1.807, 2.05) is 24.3 Å². The summed E-state index contributed by atoms with van der Waals surface area (Å²) >= 11 is 0. The Morgan fingerprint density at radius 3 is 2.67 bits per heavy atom. The van der Waals surface area contributed by atoms with Crippen LogP contribution in [0.4, 0.5) is 19.0 Å². The fourth-order valence-electron chi connectivity index (χ4n) is 4.28. The molecule has 1 aliphatic rings. The molecule has 3 heterocycles. The van der Waals surface area contributed by atoms with E-state index < -0.39 is 11.7 Å². The average molecular weight is 454 g/mol. The van der Waals surface area contributed by atoms with Gasteiger partial charge >= 0.3 is 6.18 Å². The Kier molecular flexibility index (Phi) is 5.39. The monoisotopic (exact) mass is 454 g/mol. The number of hydrogen-bond donors (Lipinski definition) is 1. The molecule has 0 spiro atoms. The van der Waals surface area contributed by atoms with Crippen molar-refractivity contribution in [3.63, 3.8) is 0 Å². The normalized spacial score (nSPS) is 15.3. The van der Waals surface area contributed by atoms with Crippen molar-refractivity contribution in [2.45, 2.75) is 25.6 Å². The van der Waals surface area contributed by atoms with Crippen molar-refractivity contribution in [3.05, 3.63) is 66.0 Å². The van der Waals surface area contributed by atoms with E-state index in [0.29, 0.717) is 42.9 Å². The van der Waals surface area contributed by atoms with Gasteiger partial charge in [0, 0.05) is 30.9 Å². The summed E-state index contributed by atoms with van der Waals surface area (Å²) in [5.41, 5.74) is 1.84. The van der Waals surface area contributed by atoms with Gasteiger partial charge in [0.25, 0.3) is 0 Å². The molecule has 1 fully saturated rings. The molecule has 5 rings (SSSR count). The molecule has 4 aromatic rings. The Balaban J connectivity index is 1.23. The average Bonchev–Trinajstić information content (AvgIpc) is 3.21. The van der Waals surface area contributed by atoms with Gasteiger partial charge in [0.1, 0.15) is 17.4 Å². The first-order chi connectivity index (χ1) is 15.9. The van der Waals surface area contributed by atoms with Gasteiger partial charge in [-0.3, -0.25) is 4.79 Å². The van der Waals surface area contributed by atoms with Crippen molar-refractivity contribution in [1.29, 1.82) is 0 Å². The van der Waals surface area contributed by atoms with Gasteiger partial charge in [-0.1, -0.05) is 24.3 Å². The van der Waals surface area contributed by atoms with E-state index in [-0.39, 0.29) is 18.4 Å². The summed E-state index contributed by atoms with van der Waals surface area (Å²) in [5, 5.41) is 3.71. The lowest BCUT2D eigenvalue weighted by atomic mass is 9.95. The molecule has 2 aromatic carbocycles. The molecule has 0 aliphatic carbocycles. The number of nitrogens with one attached hydrogen (secondary N) is 1. The summed E-state index contributed by atoms with van der Waals surface area (Å²) in [4.78, 5) is 23.5. The number of hydrogen-bond acceptors (Lipinski definition) is 5. The number of anilines is 1. The first kappa shape index (κ1) is 21.2. The number of fused-ring (bicyclic) bond motifs is 3. The van der Waals surface area contributed by atoms with E-state index in [2.05, 4.69) is 20.2 Å². The van der Waals surface area contributed by atoms with Gasteiger partial charge in [-0.05, 0) is 42.7 Å². The highest BCUT2D eigenvalue weighted by Crippen LogP contribution is 2.34. The molecule has 0 atom stereocenters. The minimum Gasteiger partial charge on any atom is -0.450 e. The molecule has 1 N–H and O–H groups in total. The molecule has 1 saturated heterocycles. The number of nitrogens with zero attached hydrogens (tertiary/aromatic N) is 3. The number of carbonyl (C=O) groups is 1. The summed E-state index contributed by atoms with van der Waals surface area (Å²) in [7, 11) is 0. The lowest BCUT2D eigenvalue weighted by Gasteiger charge is -2.32. The van der Waals surface area contributed by atoms with Gasteiger partial charge in [0.15, 0.2) is 11.4 Å². The lowest BCUT2D eigenvalue weighted by Crippen LogP contribution is -2.40. The van der Waals surface area contributed by atoms with Crippen LogP contribution >= 0.6 is 0 Å². The minimum atomic E-state index is -4.40. The smallest absolute Gasteiger partial charge is 0.416 e. The molecule has 0 unspecified atom stereocenters. The Bertz CT molecular complexity index is 1310. The maximum atomic E-state index is 12.9. The number of rotatable bonds is 4. The second-order valence-electron chi connectivity index (χ2n) is 8.15. The number of aromatic nitrogens is 2. The van der Waals surface area contributed by atoms with Crippen LogP contribution in [0.25, 0.3) is 22.1 Å². The second kappa shape index (κ2) is 8.38. The van der Waals surface area contributed by atoms with E-state index in [9.17, 15) is 18.0 Å². The Hall–Kier alpha value is -3.62. The first-order valence-electron chi connectivity index (χ1n) is 10.7. The topological polar surface area (TPSA) is 71.3 Å². The number of para-hydroxylation sites is 1. The molecule has 6 nitrogen and oxygen atoms in total. The van der Waals surface area contributed by atoms with Crippen LogP contribution in [0.2, 0.25) is 0 Å². The number of benzene rings is 2. The van der Waals surface area contributed by atoms with E-state index in [4.69, 9.17) is 4.42 Å². The number of furan rings is 1.